The third-order valence-electron chi connectivity index (χ3n) is 5.42. The summed E-state index contributed by atoms with van der Waals surface area (Å²) in [5, 5.41) is 20.4. The number of ether oxygens (including phenoxy) is 1. The number of likely N-dealkylation sites (tertiary alicyclic amines) is 1. The van der Waals surface area contributed by atoms with Crippen LogP contribution in [-0.2, 0) is 4.74 Å². The van der Waals surface area contributed by atoms with Gasteiger partial charge in [0.2, 0.25) is 5.95 Å². The predicted octanol–water partition coefficient (Wildman–Crippen LogP) is 1.39. The molecule has 1 aliphatic heterocycles. The van der Waals surface area contributed by atoms with Crippen molar-refractivity contribution in [2.24, 2.45) is 5.41 Å². The largest absolute Gasteiger partial charge is 0.396 e. The third-order valence-corrected chi connectivity index (χ3v) is 5.42. The second kappa shape index (κ2) is 7.92. The highest BCUT2D eigenvalue weighted by atomic mass is 19.1. The monoisotopic (exact) mass is 379 g/mol. The van der Waals surface area contributed by atoms with Gasteiger partial charge in [0.25, 0.3) is 5.91 Å². The van der Waals surface area contributed by atoms with Crippen LogP contribution < -0.4 is 0 Å². The highest BCUT2D eigenvalue weighted by Gasteiger charge is 2.44. The maximum atomic E-state index is 14.8. The number of pyridine rings is 1. The Balaban J connectivity index is 1.85. The molecule has 2 aromatic heterocycles. The molecule has 2 N–H and O–H groups in total. The first-order chi connectivity index (χ1) is 12.9. The zero-order chi connectivity index (χ0) is 19.6. The van der Waals surface area contributed by atoms with Gasteiger partial charge in [0.1, 0.15) is 5.65 Å². The van der Waals surface area contributed by atoms with Crippen molar-refractivity contribution < 1.29 is 24.1 Å². The number of piperidine rings is 1. The van der Waals surface area contributed by atoms with Gasteiger partial charge in [0, 0.05) is 38.4 Å². The number of aliphatic hydroxyl groups excluding tert-OH is 2. The number of fused-ring (bicyclic) bond motifs is 1. The number of hydrogen-bond donors (Lipinski definition) is 2. The van der Waals surface area contributed by atoms with Crippen LogP contribution in [0.15, 0.2) is 18.3 Å². The number of methoxy groups -OCH3 is 1. The summed E-state index contributed by atoms with van der Waals surface area (Å²) in [6, 6.07) is 3.47. The fourth-order valence-corrected chi connectivity index (χ4v) is 3.78. The molecule has 0 radical (unpaired) electrons. The molecule has 3 heterocycles. The quantitative estimate of drug-likeness (QED) is 0.741. The number of rotatable bonds is 6. The Bertz CT molecular complexity index is 825. The van der Waals surface area contributed by atoms with E-state index in [4.69, 9.17) is 4.74 Å². The van der Waals surface area contributed by atoms with Crippen LogP contribution in [0.2, 0.25) is 0 Å². The summed E-state index contributed by atoms with van der Waals surface area (Å²) >= 11 is 0. The molecule has 0 unspecified atom stereocenters. The first-order valence-corrected chi connectivity index (χ1v) is 9.13. The molecular formula is C19H26FN3O4. The molecule has 148 valence electrons. The summed E-state index contributed by atoms with van der Waals surface area (Å²) in [6.45, 7) is 2.53. The maximum Gasteiger partial charge on any atom is 0.277 e. The Kier molecular flexibility index (Phi) is 5.78. The van der Waals surface area contributed by atoms with Gasteiger partial charge in [-0.2, -0.15) is 4.39 Å². The second-order valence-corrected chi connectivity index (χ2v) is 7.33. The smallest absolute Gasteiger partial charge is 0.277 e. The van der Waals surface area contributed by atoms with E-state index in [1.807, 2.05) is 6.92 Å². The molecule has 0 bridgehead atoms. The van der Waals surface area contributed by atoms with Crippen LogP contribution in [0, 0.1) is 18.3 Å². The maximum absolute atomic E-state index is 14.8. The highest BCUT2D eigenvalue weighted by Crippen LogP contribution is 2.35. The fourth-order valence-electron chi connectivity index (χ4n) is 3.78. The van der Waals surface area contributed by atoms with E-state index in [-0.39, 0.29) is 18.8 Å². The normalized spacial score (nSPS) is 23.1. The first-order valence-electron chi connectivity index (χ1n) is 9.13. The lowest BCUT2D eigenvalue weighted by molar-refractivity contribution is -0.0746. The minimum absolute atomic E-state index is 0.152. The van der Waals surface area contributed by atoms with Gasteiger partial charge in [-0.15, -0.1) is 0 Å². The van der Waals surface area contributed by atoms with Crippen molar-refractivity contribution >= 4 is 11.6 Å². The number of imidazole rings is 1. The van der Waals surface area contributed by atoms with E-state index in [0.29, 0.717) is 38.1 Å². The average Bonchev–Trinajstić information content (AvgIpc) is 2.99. The molecular weight excluding hydrogens is 353 g/mol. The number of aromatic nitrogens is 2. The zero-order valence-electron chi connectivity index (χ0n) is 15.7. The van der Waals surface area contributed by atoms with Gasteiger partial charge in [-0.1, -0.05) is 6.07 Å². The van der Waals surface area contributed by atoms with Crippen molar-refractivity contribution in [2.45, 2.75) is 32.3 Å². The topological polar surface area (TPSA) is 87.3 Å². The number of nitrogens with zero attached hydrogens (tertiary/aromatic N) is 3. The number of aryl methyl sites for hydroxylation is 1. The molecule has 2 aromatic rings. The molecule has 27 heavy (non-hydrogen) atoms. The molecule has 7 nitrogen and oxygen atoms in total. The lowest BCUT2D eigenvalue weighted by Gasteiger charge is -2.45. The third kappa shape index (κ3) is 3.69. The second-order valence-electron chi connectivity index (χ2n) is 7.33. The van der Waals surface area contributed by atoms with Crippen LogP contribution in [0.1, 0.15) is 35.3 Å². The molecule has 2 atom stereocenters. The van der Waals surface area contributed by atoms with E-state index in [2.05, 4.69) is 4.98 Å². The Morgan fingerprint density at radius 3 is 2.96 bits per heavy atom. The Hall–Kier alpha value is -2.03. The minimum Gasteiger partial charge on any atom is -0.396 e. The van der Waals surface area contributed by atoms with E-state index in [1.54, 1.807) is 25.4 Å². The number of carbonyl (C=O) groups excluding carboxylic acids is 1. The molecule has 0 saturated carbocycles. The van der Waals surface area contributed by atoms with Gasteiger partial charge in [-0.05, 0) is 37.8 Å². The molecule has 1 fully saturated rings. The van der Waals surface area contributed by atoms with E-state index in [0.717, 1.165) is 5.56 Å². The van der Waals surface area contributed by atoms with Crippen LogP contribution >= 0.6 is 0 Å². The summed E-state index contributed by atoms with van der Waals surface area (Å²) in [4.78, 5) is 18.6. The lowest BCUT2D eigenvalue weighted by Crippen LogP contribution is -2.55. The van der Waals surface area contributed by atoms with E-state index in [9.17, 15) is 19.4 Å². The van der Waals surface area contributed by atoms with Gasteiger partial charge in [0.15, 0.2) is 5.69 Å². The number of halogens is 1. The summed E-state index contributed by atoms with van der Waals surface area (Å²) < 4.78 is 21.1. The zero-order valence-corrected chi connectivity index (χ0v) is 15.7. The lowest BCUT2D eigenvalue weighted by atomic mass is 9.74. The van der Waals surface area contributed by atoms with Crippen molar-refractivity contribution in [3.63, 3.8) is 0 Å². The van der Waals surface area contributed by atoms with E-state index >= 15 is 0 Å². The molecule has 3 rings (SSSR count). The summed E-state index contributed by atoms with van der Waals surface area (Å²) in [6.07, 6.45) is 2.36. The van der Waals surface area contributed by atoms with Gasteiger partial charge in [0.05, 0.1) is 12.7 Å². The summed E-state index contributed by atoms with van der Waals surface area (Å²) in [7, 11) is 1.59. The number of hydrogen-bond acceptors (Lipinski definition) is 5. The van der Waals surface area contributed by atoms with Gasteiger partial charge in [-0.3, -0.25) is 9.20 Å². The van der Waals surface area contributed by atoms with Crippen molar-refractivity contribution in [3.8, 4) is 0 Å². The van der Waals surface area contributed by atoms with Crippen LogP contribution in [0.5, 0.6) is 0 Å². The standard InChI is InChI=1S/C19H26FN3O4/c1-13-4-5-15-21-16(17(20)23(15)10-13)18(26)22-8-6-14(25)19(11-22,12-24)7-3-9-27-2/h4-5,10,14,24-25H,3,6-9,11-12H2,1-2H3/t14-,19+/m1/s1. The molecule has 0 aliphatic carbocycles. The van der Waals surface area contributed by atoms with Crippen molar-refractivity contribution in [2.75, 3.05) is 33.4 Å². The van der Waals surface area contributed by atoms with Crippen LogP contribution in [0.3, 0.4) is 0 Å². The van der Waals surface area contributed by atoms with E-state index < -0.39 is 23.4 Å². The Morgan fingerprint density at radius 1 is 1.48 bits per heavy atom. The highest BCUT2D eigenvalue weighted by molar-refractivity contribution is 5.93. The molecule has 8 heteroatoms. The van der Waals surface area contributed by atoms with Gasteiger partial charge in [-0.25, -0.2) is 4.98 Å². The molecule has 0 aromatic carbocycles. The van der Waals surface area contributed by atoms with Gasteiger partial charge < -0.3 is 19.8 Å². The SMILES string of the molecule is COCCC[C@@]1(CO)CN(C(=O)c2nc3ccc(C)cn3c2F)CC[C@H]1O. The molecule has 1 aliphatic rings. The van der Waals surface area contributed by atoms with E-state index in [1.165, 1.54) is 9.30 Å². The first kappa shape index (κ1) is 19.7. The van der Waals surface area contributed by atoms with Crippen LogP contribution in [-0.4, -0.2) is 69.9 Å². The van der Waals surface area contributed by atoms with Gasteiger partial charge >= 0.3 is 0 Å². The van der Waals surface area contributed by atoms with Crippen molar-refractivity contribution in [3.05, 3.63) is 35.5 Å². The molecule has 0 spiro atoms. The summed E-state index contributed by atoms with van der Waals surface area (Å²) in [5.74, 6) is -1.22. The van der Waals surface area contributed by atoms with Crippen LogP contribution in [0.25, 0.3) is 5.65 Å². The average molecular weight is 379 g/mol. The molecule has 1 saturated heterocycles. The number of carbonyl (C=O) groups is 1. The minimum atomic E-state index is -0.835. The predicted molar refractivity (Wildman–Crippen MR) is 97.0 cm³/mol. The molecule has 1 amide bonds. The van der Waals surface area contributed by atoms with Crippen molar-refractivity contribution in [1.82, 2.24) is 14.3 Å². The Labute approximate surface area is 157 Å². The Morgan fingerprint density at radius 2 is 2.26 bits per heavy atom. The van der Waals surface area contributed by atoms with Crippen molar-refractivity contribution in [1.29, 1.82) is 0 Å². The fraction of sp³-hybridized carbons (Fsp3) is 0.579. The van der Waals surface area contributed by atoms with Crippen LogP contribution in [0.4, 0.5) is 4.39 Å². The number of amides is 1. The summed E-state index contributed by atoms with van der Waals surface area (Å²) in [5.41, 5.74) is 0.155. The number of aliphatic hydroxyl groups is 2.